The summed E-state index contributed by atoms with van der Waals surface area (Å²) in [7, 11) is -3.21. The third-order valence-electron chi connectivity index (χ3n) is 3.22. The van der Waals surface area contributed by atoms with Gasteiger partial charge in [-0.2, -0.15) is 0 Å². The molecule has 16 heavy (non-hydrogen) atoms. The summed E-state index contributed by atoms with van der Waals surface area (Å²) in [6.07, 6.45) is 4.42. The molecule has 2 unspecified atom stereocenters. The minimum absolute atomic E-state index is 0.109. The van der Waals surface area contributed by atoms with E-state index in [0.717, 1.165) is 24.6 Å². The molecule has 0 aromatic heterocycles. The fourth-order valence-electron chi connectivity index (χ4n) is 1.92. The molecule has 2 atom stereocenters. The van der Waals surface area contributed by atoms with Crippen LogP contribution in [0.3, 0.4) is 0 Å². The van der Waals surface area contributed by atoms with Crippen LogP contribution in [0, 0.1) is 5.92 Å². The van der Waals surface area contributed by atoms with Crippen molar-refractivity contribution in [3.05, 3.63) is 0 Å². The molecule has 0 amide bonds. The van der Waals surface area contributed by atoms with Gasteiger partial charge < -0.3 is 0 Å². The first-order valence-corrected chi connectivity index (χ1v) is 8.46. The first-order valence-electron chi connectivity index (χ1n) is 5.86. The van der Waals surface area contributed by atoms with Crippen molar-refractivity contribution in [2.45, 2.75) is 57.2 Å². The predicted molar refractivity (Wildman–Crippen MR) is 71.3 cm³/mol. The SMILES string of the molecule is CC(C)(C)S(=O)(=O)NC1CCCCC1CBr. The zero-order valence-corrected chi connectivity index (χ0v) is 12.7. The summed E-state index contributed by atoms with van der Waals surface area (Å²) in [6.45, 7) is 5.21. The molecule has 0 radical (unpaired) electrons. The van der Waals surface area contributed by atoms with Crippen LogP contribution in [0.4, 0.5) is 0 Å². The lowest BCUT2D eigenvalue weighted by Gasteiger charge is -2.33. The molecule has 0 saturated heterocycles. The Morgan fingerprint density at radius 2 is 1.81 bits per heavy atom. The second-order valence-corrected chi connectivity index (χ2v) is 8.65. The Balaban J connectivity index is 2.72. The van der Waals surface area contributed by atoms with Crippen LogP contribution in [-0.4, -0.2) is 24.5 Å². The van der Waals surface area contributed by atoms with Crippen LogP contribution in [0.2, 0.25) is 0 Å². The van der Waals surface area contributed by atoms with E-state index in [1.54, 1.807) is 20.8 Å². The maximum Gasteiger partial charge on any atom is 0.216 e. The normalized spacial score (nSPS) is 28.0. The van der Waals surface area contributed by atoms with E-state index < -0.39 is 14.8 Å². The van der Waals surface area contributed by atoms with Crippen LogP contribution in [0.15, 0.2) is 0 Å². The summed E-state index contributed by atoms with van der Waals surface area (Å²) in [4.78, 5) is 0. The molecule has 3 nitrogen and oxygen atoms in total. The van der Waals surface area contributed by atoms with Gasteiger partial charge in [0.25, 0.3) is 0 Å². The van der Waals surface area contributed by atoms with Gasteiger partial charge in [-0.25, -0.2) is 13.1 Å². The van der Waals surface area contributed by atoms with Crippen molar-refractivity contribution in [2.24, 2.45) is 5.92 Å². The number of halogens is 1. The van der Waals surface area contributed by atoms with Crippen LogP contribution in [0.1, 0.15) is 46.5 Å². The summed E-state index contributed by atoms with van der Waals surface area (Å²) in [6, 6.07) is 0.109. The van der Waals surface area contributed by atoms with Crippen LogP contribution >= 0.6 is 15.9 Å². The second-order valence-electron chi connectivity index (χ2n) is 5.54. The Kier molecular flexibility index (Phi) is 4.84. The molecule has 1 aliphatic rings. The minimum Gasteiger partial charge on any atom is -0.212 e. The van der Waals surface area contributed by atoms with E-state index in [1.165, 1.54) is 6.42 Å². The van der Waals surface area contributed by atoms with Crippen LogP contribution in [0.5, 0.6) is 0 Å². The van der Waals surface area contributed by atoms with Gasteiger partial charge in [-0.05, 0) is 39.5 Å². The maximum atomic E-state index is 12.1. The second kappa shape index (κ2) is 5.36. The van der Waals surface area contributed by atoms with Gasteiger partial charge in [0, 0.05) is 11.4 Å². The van der Waals surface area contributed by atoms with E-state index in [4.69, 9.17) is 0 Å². The monoisotopic (exact) mass is 311 g/mol. The van der Waals surface area contributed by atoms with E-state index in [-0.39, 0.29) is 6.04 Å². The van der Waals surface area contributed by atoms with Gasteiger partial charge in [0.05, 0.1) is 4.75 Å². The number of nitrogens with one attached hydrogen (secondary N) is 1. The van der Waals surface area contributed by atoms with E-state index in [9.17, 15) is 8.42 Å². The highest BCUT2D eigenvalue weighted by Gasteiger charge is 2.34. The number of hydrogen-bond donors (Lipinski definition) is 1. The summed E-state index contributed by atoms with van der Waals surface area (Å²) >= 11 is 3.47. The molecule has 0 heterocycles. The van der Waals surface area contributed by atoms with E-state index >= 15 is 0 Å². The van der Waals surface area contributed by atoms with Crippen molar-refractivity contribution < 1.29 is 8.42 Å². The van der Waals surface area contributed by atoms with Crippen LogP contribution in [-0.2, 0) is 10.0 Å². The number of hydrogen-bond acceptors (Lipinski definition) is 2. The lowest BCUT2D eigenvalue weighted by molar-refractivity contribution is 0.314. The van der Waals surface area contributed by atoms with Crippen molar-refractivity contribution in [1.82, 2.24) is 4.72 Å². The number of alkyl halides is 1. The van der Waals surface area contributed by atoms with E-state index in [2.05, 4.69) is 20.7 Å². The average molecular weight is 312 g/mol. The first-order chi connectivity index (χ1) is 7.28. The standard InChI is InChI=1S/C11H22BrNO2S/c1-11(2,3)16(14,15)13-10-7-5-4-6-9(10)8-12/h9-10,13H,4-8H2,1-3H3. The smallest absolute Gasteiger partial charge is 0.212 e. The Morgan fingerprint density at radius 1 is 1.25 bits per heavy atom. The van der Waals surface area contributed by atoms with E-state index in [1.807, 2.05) is 0 Å². The molecule has 0 aromatic rings. The Hall–Kier alpha value is 0.390. The van der Waals surface area contributed by atoms with Crippen molar-refractivity contribution >= 4 is 26.0 Å². The van der Waals surface area contributed by atoms with Crippen LogP contribution < -0.4 is 4.72 Å². The van der Waals surface area contributed by atoms with Gasteiger partial charge >= 0.3 is 0 Å². The lowest BCUT2D eigenvalue weighted by atomic mass is 9.87. The highest BCUT2D eigenvalue weighted by Crippen LogP contribution is 2.27. The molecule has 1 fully saturated rings. The van der Waals surface area contributed by atoms with E-state index in [0.29, 0.717) is 5.92 Å². The molecule has 0 spiro atoms. The molecule has 0 bridgehead atoms. The van der Waals surface area contributed by atoms with Crippen molar-refractivity contribution in [3.63, 3.8) is 0 Å². The minimum atomic E-state index is -3.21. The zero-order chi connectivity index (χ0) is 12.4. The molecular weight excluding hydrogens is 290 g/mol. The molecule has 1 rings (SSSR count). The largest absolute Gasteiger partial charge is 0.216 e. The van der Waals surface area contributed by atoms with Crippen LogP contribution in [0.25, 0.3) is 0 Å². The first kappa shape index (κ1) is 14.5. The Morgan fingerprint density at radius 3 is 2.31 bits per heavy atom. The highest BCUT2D eigenvalue weighted by atomic mass is 79.9. The fourth-order valence-corrected chi connectivity index (χ4v) is 3.76. The zero-order valence-electron chi connectivity index (χ0n) is 10.3. The maximum absolute atomic E-state index is 12.1. The Bertz CT molecular complexity index is 321. The van der Waals surface area contributed by atoms with Gasteiger partial charge in [0.1, 0.15) is 0 Å². The van der Waals surface area contributed by atoms with Gasteiger partial charge in [0.15, 0.2) is 0 Å². The summed E-state index contributed by atoms with van der Waals surface area (Å²) < 4.78 is 26.3. The molecule has 0 aliphatic heterocycles. The molecular formula is C11H22BrNO2S. The van der Waals surface area contributed by atoms with Gasteiger partial charge in [-0.1, -0.05) is 28.8 Å². The summed E-state index contributed by atoms with van der Waals surface area (Å²) in [5, 5.41) is 0.879. The Labute approximate surface area is 108 Å². The topological polar surface area (TPSA) is 46.2 Å². The third kappa shape index (κ3) is 3.44. The molecule has 96 valence electrons. The molecule has 5 heteroatoms. The fraction of sp³-hybridized carbons (Fsp3) is 1.00. The molecule has 1 N–H and O–H groups in total. The quantitative estimate of drug-likeness (QED) is 0.814. The van der Waals surface area contributed by atoms with Crippen molar-refractivity contribution in [1.29, 1.82) is 0 Å². The van der Waals surface area contributed by atoms with Gasteiger partial charge in [-0.3, -0.25) is 0 Å². The van der Waals surface area contributed by atoms with Crippen molar-refractivity contribution in [3.8, 4) is 0 Å². The summed E-state index contributed by atoms with van der Waals surface area (Å²) in [5.74, 6) is 0.436. The molecule has 1 saturated carbocycles. The highest BCUT2D eigenvalue weighted by molar-refractivity contribution is 9.09. The predicted octanol–water partition coefficient (Wildman–Crippen LogP) is 2.66. The lowest BCUT2D eigenvalue weighted by Crippen LogP contribution is -2.48. The third-order valence-corrected chi connectivity index (χ3v) is 6.28. The average Bonchev–Trinajstić information content (AvgIpc) is 2.16. The van der Waals surface area contributed by atoms with Gasteiger partial charge in [0.2, 0.25) is 10.0 Å². The van der Waals surface area contributed by atoms with Crippen molar-refractivity contribution in [2.75, 3.05) is 5.33 Å². The number of sulfonamides is 1. The molecule has 1 aliphatic carbocycles. The van der Waals surface area contributed by atoms with Gasteiger partial charge in [-0.15, -0.1) is 0 Å². The molecule has 0 aromatic carbocycles. The number of rotatable bonds is 3. The summed E-state index contributed by atoms with van der Waals surface area (Å²) in [5.41, 5.74) is 0.